The number of nitrogens with zero attached hydrogens (tertiary/aromatic N) is 1. The average molecular weight is 391 g/mol. The van der Waals surface area contributed by atoms with Crippen molar-refractivity contribution >= 4 is 29.2 Å². The van der Waals surface area contributed by atoms with Gasteiger partial charge in [-0.1, -0.05) is 41.9 Å². The van der Waals surface area contributed by atoms with Gasteiger partial charge in [0, 0.05) is 24.7 Å². The number of amides is 1. The second-order valence-corrected chi connectivity index (χ2v) is 6.19. The fourth-order valence-corrected chi connectivity index (χ4v) is 2.82. The molecule has 0 radical (unpaired) electrons. The summed E-state index contributed by atoms with van der Waals surface area (Å²) in [6.45, 7) is 4.75. The molecule has 0 fully saturated rings. The summed E-state index contributed by atoms with van der Waals surface area (Å²) in [4.78, 5) is 27.3. The summed E-state index contributed by atoms with van der Waals surface area (Å²) in [5.74, 6) is -0.785. The van der Waals surface area contributed by atoms with Crippen LogP contribution < -0.4 is 10.5 Å². The number of methoxy groups -OCH3 is 1. The lowest BCUT2D eigenvalue weighted by Crippen LogP contribution is -2.36. The maximum atomic E-state index is 12.9. The zero-order valence-electron chi connectivity index (χ0n) is 15.6. The van der Waals surface area contributed by atoms with Crippen LogP contribution in [-0.4, -0.2) is 37.0 Å². The molecule has 1 atom stereocenters. The molecule has 2 aromatic carbocycles. The number of halogens is 1. The second-order valence-electron chi connectivity index (χ2n) is 5.78. The standard InChI is InChI=1S/C20H23ClN2O4/c1-4-23(5-2)19(24)18(13-9-7-6-8-10-13)27-20(25)14-11-15(21)16(22)12-17(14)26-3/h6-12,18H,4-5,22H2,1-3H3/t18-/m0/s1. The largest absolute Gasteiger partial charge is 0.496 e. The lowest BCUT2D eigenvalue weighted by molar-refractivity contribution is -0.140. The van der Waals surface area contributed by atoms with Crippen LogP contribution in [0.1, 0.15) is 35.9 Å². The summed E-state index contributed by atoms with van der Waals surface area (Å²) in [5.41, 5.74) is 6.73. The van der Waals surface area contributed by atoms with Gasteiger partial charge in [-0.25, -0.2) is 4.79 Å². The van der Waals surface area contributed by atoms with Crippen molar-refractivity contribution in [2.75, 3.05) is 25.9 Å². The van der Waals surface area contributed by atoms with Crippen LogP contribution in [0.5, 0.6) is 5.75 Å². The van der Waals surface area contributed by atoms with Crippen molar-refractivity contribution in [3.8, 4) is 5.75 Å². The molecule has 0 spiro atoms. The summed E-state index contributed by atoms with van der Waals surface area (Å²) in [6.07, 6.45) is -1.07. The van der Waals surface area contributed by atoms with Crippen molar-refractivity contribution in [3.63, 3.8) is 0 Å². The van der Waals surface area contributed by atoms with E-state index in [0.717, 1.165) is 0 Å². The average Bonchev–Trinajstić information content (AvgIpc) is 2.69. The van der Waals surface area contributed by atoms with E-state index >= 15 is 0 Å². The maximum absolute atomic E-state index is 12.9. The zero-order valence-corrected chi connectivity index (χ0v) is 16.3. The molecule has 0 aliphatic heterocycles. The molecule has 0 bridgehead atoms. The van der Waals surface area contributed by atoms with Crippen molar-refractivity contribution in [2.24, 2.45) is 0 Å². The van der Waals surface area contributed by atoms with E-state index in [2.05, 4.69) is 0 Å². The van der Waals surface area contributed by atoms with Crippen LogP contribution >= 0.6 is 11.6 Å². The van der Waals surface area contributed by atoms with Crippen molar-refractivity contribution in [1.29, 1.82) is 0 Å². The topological polar surface area (TPSA) is 81.9 Å². The molecule has 0 aromatic heterocycles. The number of anilines is 1. The van der Waals surface area contributed by atoms with Crippen LogP contribution in [0.2, 0.25) is 5.02 Å². The van der Waals surface area contributed by atoms with Crippen LogP contribution in [-0.2, 0) is 9.53 Å². The monoisotopic (exact) mass is 390 g/mol. The van der Waals surface area contributed by atoms with Crippen molar-refractivity contribution in [1.82, 2.24) is 4.90 Å². The highest BCUT2D eigenvalue weighted by molar-refractivity contribution is 6.33. The zero-order chi connectivity index (χ0) is 20.0. The molecular weight excluding hydrogens is 368 g/mol. The first-order chi connectivity index (χ1) is 12.9. The van der Waals surface area contributed by atoms with Crippen LogP contribution in [0.15, 0.2) is 42.5 Å². The first kappa shape index (κ1) is 20.6. The lowest BCUT2D eigenvalue weighted by atomic mass is 10.1. The highest BCUT2D eigenvalue weighted by atomic mass is 35.5. The minimum atomic E-state index is -1.07. The molecule has 0 aliphatic rings. The van der Waals surface area contributed by atoms with Gasteiger partial charge in [0.2, 0.25) is 6.10 Å². The summed E-state index contributed by atoms with van der Waals surface area (Å²) in [6, 6.07) is 11.7. The number of benzene rings is 2. The summed E-state index contributed by atoms with van der Waals surface area (Å²) >= 11 is 6.03. The molecule has 0 unspecified atom stereocenters. The van der Waals surface area contributed by atoms with Crippen molar-refractivity contribution in [2.45, 2.75) is 20.0 Å². The fraction of sp³-hybridized carbons (Fsp3) is 0.300. The summed E-state index contributed by atoms with van der Waals surface area (Å²) in [5, 5.41) is 0.203. The third-order valence-electron chi connectivity index (χ3n) is 4.17. The van der Waals surface area contributed by atoms with Gasteiger partial charge in [0.25, 0.3) is 5.91 Å². The van der Waals surface area contributed by atoms with E-state index in [1.165, 1.54) is 19.2 Å². The van der Waals surface area contributed by atoms with Crippen LogP contribution in [0, 0.1) is 0 Å². The highest BCUT2D eigenvalue weighted by Gasteiger charge is 2.30. The molecule has 27 heavy (non-hydrogen) atoms. The van der Waals surface area contributed by atoms with Crippen LogP contribution in [0.3, 0.4) is 0 Å². The Hall–Kier alpha value is -2.73. The minimum absolute atomic E-state index is 0.102. The third-order valence-corrected chi connectivity index (χ3v) is 4.49. The molecule has 0 saturated carbocycles. The second kappa shape index (κ2) is 9.28. The van der Waals surface area contributed by atoms with E-state index in [4.69, 9.17) is 26.8 Å². The third kappa shape index (κ3) is 4.71. The number of likely N-dealkylation sites (N-methyl/N-ethyl adjacent to an activating group) is 1. The lowest BCUT2D eigenvalue weighted by Gasteiger charge is -2.25. The number of nitrogens with two attached hydrogens (primary N) is 1. The molecule has 0 aliphatic carbocycles. The molecule has 7 heteroatoms. The van der Waals surface area contributed by atoms with Gasteiger partial charge in [-0.15, -0.1) is 0 Å². The Morgan fingerprint density at radius 3 is 2.33 bits per heavy atom. The summed E-state index contributed by atoms with van der Waals surface area (Å²) < 4.78 is 10.8. The smallest absolute Gasteiger partial charge is 0.343 e. The molecule has 2 aromatic rings. The molecule has 2 N–H and O–H groups in total. The first-order valence-corrected chi connectivity index (χ1v) is 8.98. The molecule has 0 heterocycles. The van der Waals surface area contributed by atoms with E-state index in [-0.39, 0.29) is 27.9 Å². The fourth-order valence-electron chi connectivity index (χ4n) is 2.66. The Labute approximate surface area is 163 Å². The summed E-state index contributed by atoms with van der Waals surface area (Å²) in [7, 11) is 1.41. The van der Waals surface area contributed by atoms with Gasteiger partial charge in [-0.3, -0.25) is 4.79 Å². The molecular formula is C20H23ClN2O4. The predicted octanol–water partition coefficient (Wildman–Crippen LogP) is 3.70. The number of hydrogen-bond acceptors (Lipinski definition) is 5. The SMILES string of the molecule is CCN(CC)C(=O)[C@@H](OC(=O)c1cc(Cl)c(N)cc1OC)c1ccccc1. The van der Waals surface area contributed by atoms with Gasteiger partial charge in [0.15, 0.2) is 0 Å². The molecule has 144 valence electrons. The van der Waals surface area contributed by atoms with Gasteiger partial charge in [0.05, 0.1) is 17.8 Å². The van der Waals surface area contributed by atoms with Crippen molar-refractivity contribution < 1.29 is 19.1 Å². The van der Waals surface area contributed by atoms with Gasteiger partial charge >= 0.3 is 5.97 Å². The van der Waals surface area contributed by atoms with Gasteiger partial charge in [0.1, 0.15) is 11.3 Å². The highest BCUT2D eigenvalue weighted by Crippen LogP contribution is 2.31. The predicted molar refractivity (Wildman–Crippen MR) is 105 cm³/mol. The number of carbonyl (C=O) groups excluding carboxylic acids is 2. The maximum Gasteiger partial charge on any atom is 0.343 e. The normalized spacial score (nSPS) is 11.6. The van der Waals surface area contributed by atoms with Crippen molar-refractivity contribution in [3.05, 3.63) is 58.6 Å². The Kier molecular flexibility index (Phi) is 7.07. The van der Waals surface area contributed by atoms with E-state index in [1.54, 1.807) is 29.2 Å². The molecule has 1 amide bonds. The minimum Gasteiger partial charge on any atom is -0.496 e. The Bertz CT molecular complexity index is 807. The van der Waals surface area contributed by atoms with Crippen LogP contribution in [0.4, 0.5) is 5.69 Å². The van der Waals surface area contributed by atoms with E-state index in [1.807, 2.05) is 19.9 Å². The molecule has 6 nitrogen and oxygen atoms in total. The van der Waals surface area contributed by atoms with Gasteiger partial charge < -0.3 is 20.1 Å². The number of carbonyl (C=O) groups is 2. The number of esters is 1. The number of rotatable bonds is 7. The molecule has 0 saturated heterocycles. The quantitative estimate of drug-likeness (QED) is 0.575. The Morgan fingerprint density at radius 1 is 1.15 bits per heavy atom. The van der Waals surface area contributed by atoms with Gasteiger partial charge in [-0.05, 0) is 19.9 Å². The molecule has 2 rings (SSSR count). The number of hydrogen-bond donors (Lipinski definition) is 1. The van der Waals surface area contributed by atoms with E-state index < -0.39 is 12.1 Å². The van der Waals surface area contributed by atoms with Gasteiger partial charge in [-0.2, -0.15) is 0 Å². The Morgan fingerprint density at radius 2 is 1.78 bits per heavy atom. The van der Waals surface area contributed by atoms with Crippen LogP contribution in [0.25, 0.3) is 0 Å². The Balaban J connectivity index is 2.40. The number of nitrogen functional groups attached to an aromatic ring is 1. The first-order valence-electron chi connectivity index (χ1n) is 8.60. The van der Waals surface area contributed by atoms with E-state index in [0.29, 0.717) is 18.7 Å². The van der Waals surface area contributed by atoms with E-state index in [9.17, 15) is 9.59 Å². The number of ether oxygens (including phenoxy) is 2.